The number of esters is 1. The first-order valence-corrected chi connectivity index (χ1v) is 11.1. The largest absolute Gasteiger partial charge is 0.514 e. The Kier molecular flexibility index (Phi) is 7.43. The summed E-state index contributed by atoms with van der Waals surface area (Å²) in [5.74, 6) is 0.162. The van der Waals surface area contributed by atoms with Crippen molar-refractivity contribution in [3.05, 3.63) is 76.8 Å². The lowest BCUT2D eigenvalue weighted by molar-refractivity contribution is 0.0207. The molecule has 0 spiro atoms. The van der Waals surface area contributed by atoms with Gasteiger partial charge in [-0.2, -0.15) is 0 Å². The molecular formula is C26H25BrO6. The fourth-order valence-electron chi connectivity index (χ4n) is 3.20. The van der Waals surface area contributed by atoms with E-state index in [9.17, 15) is 9.59 Å². The molecule has 172 valence electrons. The first kappa shape index (κ1) is 24.3. The van der Waals surface area contributed by atoms with Crippen molar-refractivity contribution in [1.82, 2.24) is 0 Å². The highest BCUT2D eigenvalue weighted by Crippen LogP contribution is 2.42. The molecule has 33 heavy (non-hydrogen) atoms. The quantitative estimate of drug-likeness (QED) is 0.153. The summed E-state index contributed by atoms with van der Waals surface area (Å²) in [5.41, 5.74) is -0.249. The van der Waals surface area contributed by atoms with E-state index in [4.69, 9.17) is 18.9 Å². The van der Waals surface area contributed by atoms with Crippen molar-refractivity contribution in [2.45, 2.75) is 33.3 Å². The Balaban J connectivity index is 2.23. The van der Waals surface area contributed by atoms with Crippen LogP contribution in [0, 0.1) is 6.92 Å². The first-order chi connectivity index (χ1) is 15.6. The molecule has 0 unspecified atom stereocenters. The summed E-state index contributed by atoms with van der Waals surface area (Å²) in [6.07, 6.45) is 0.675. The second kappa shape index (κ2) is 10.1. The van der Waals surface area contributed by atoms with Crippen LogP contribution in [-0.2, 0) is 4.74 Å². The molecule has 0 radical (unpaired) electrons. The predicted molar refractivity (Wildman–Crippen MR) is 130 cm³/mol. The van der Waals surface area contributed by atoms with Gasteiger partial charge in [0.25, 0.3) is 0 Å². The average Bonchev–Trinajstić information content (AvgIpc) is 2.73. The Labute approximate surface area is 201 Å². The Bertz CT molecular complexity index is 1200. The van der Waals surface area contributed by atoms with E-state index in [0.717, 1.165) is 4.47 Å². The molecule has 3 aromatic rings. The molecule has 0 aliphatic heterocycles. The molecule has 0 atom stereocenters. The zero-order valence-corrected chi connectivity index (χ0v) is 20.5. The fraction of sp³-hybridized carbons (Fsp3) is 0.231. The zero-order valence-electron chi connectivity index (χ0n) is 18.9. The maximum absolute atomic E-state index is 13.3. The summed E-state index contributed by atoms with van der Waals surface area (Å²) in [6.45, 7) is 10.8. The van der Waals surface area contributed by atoms with Gasteiger partial charge < -0.3 is 18.9 Å². The van der Waals surface area contributed by atoms with E-state index in [0.29, 0.717) is 27.8 Å². The van der Waals surface area contributed by atoms with Gasteiger partial charge in [0.2, 0.25) is 0 Å². The van der Waals surface area contributed by atoms with Gasteiger partial charge in [0.05, 0.1) is 0 Å². The molecule has 0 aliphatic carbocycles. The second-order valence-electron chi connectivity index (χ2n) is 8.22. The van der Waals surface area contributed by atoms with Crippen LogP contribution in [0.1, 0.15) is 36.7 Å². The normalized spacial score (nSPS) is 11.1. The third-order valence-corrected chi connectivity index (χ3v) is 4.99. The van der Waals surface area contributed by atoms with Crippen molar-refractivity contribution < 1.29 is 28.5 Å². The van der Waals surface area contributed by atoms with Gasteiger partial charge in [-0.05, 0) is 58.0 Å². The number of hydrogen-bond acceptors (Lipinski definition) is 6. The van der Waals surface area contributed by atoms with Gasteiger partial charge in [-0.1, -0.05) is 46.8 Å². The standard InChI is InChI=1S/C26H25BrO6/c1-6-14-30-22-16(2)21(24(28)31-18-10-8-7-9-11-18)23(32-25(29)33-26(3,4)5)20-15-17(27)12-13-19(20)22/h6-13,15H,1,14H2,2-5H3. The molecule has 6 nitrogen and oxygen atoms in total. The highest BCUT2D eigenvalue weighted by molar-refractivity contribution is 9.10. The van der Waals surface area contributed by atoms with E-state index in [1.165, 1.54) is 0 Å². The number of rotatable bonds is 6. The Morgan fingerprint density at radius 3 is 2.33 bits per heavy atom. The third kappa shape index (κ3) is 5.93. The molecule has 0 bridgehead atoms. The first-order valence-electron chi connectivity index (χ1n) is 10.3. The van der Waals surface area contributed by atoms with E-state index < -0.39 is 17.7 Å². The van der Waals surface area contributed by atoms with Crippen LogP contribution in [0.15, 0.2) is 65.7 Å². The summed E-state index contributed by atoms with van der Waals surface area (Å²) < 4.78 is 23.2. The minimum atomic E-state index is -0.934. The van der Waals surface area contributed by atoms with Crippen LogP contribution in [0.3, 0.4) is 0 Å². The molecule has 0 saturated heterocycles. The van der Waals surface area contributed by atoms with Crippen molar-refractivity contribution in [3.8, 4) is 17.2 Å². The van der Waals surface area contributed by atoms with Gasteiger partial charge in [-0.3, -0.25) is 0 Å². The Morgan fingerprint density at radius 2 is 1.70 bits per heavy atom. The van der Waals surface area contributed by atoms with Crippen LogP contribution in [0.4, 0.5) is 4.79 Å². The molecule has 3 aromatic carbocycles. The molecule has 0 amide bonds. The SMILES string of the molecule is C=CCOc1c(C)c(C(=O)Oc2ccccc2)c(OC(=O)OC(C)(C)C)c2cc(Br)ccc12. The summed E-state index contributed by atoms with van der Waals surface area (Å²) >= 11 is 3.45. The topological polar surface area (TPSA) is 71.1 Å². The number of halogens is 1. The van der Waals surface area contributed by atoms with Crippen molar-refractivity contribution in [1.29, 1.82) is 0 Å². The summed E-state index contributed by atoms with van der Waals surface area (Å²) in [4.78, 5) is 25.9. The molecular weight excluding hydrogens is 488 g/mol. The lowest BCUT2D eigenvalue weighted by atomic mass is 9.98. The number of carbonyl (C=O) groups is 2. The summed E-state index contributed by atoms with van der Waals surface area (Å²) in [7, 11) is 0. The average molecular weight is 513 g/mol. The lowest BCUT2D eigenvalue weighted by Gasteiger charge is -2.22. The Hall–Kier alpha value is -3.32. The van der Waals surface area contributed by atoms with Crippen molar-refractivity contribution in [2.75, 3.05) is 6.61 Å². The monoisotopic (exact) mass is 512 g/mol. The highest BCUT2D eigenvalue weighted by atomic mass is 79.9. The van der Waals surface area contributed by atoms with E-state index >= 15 is 0 Å². The number of fused-ring (bicyclic) bond motifs is 1. The molecule has 0 aromatic heterocycles. The van der Waals surface area contributed by atoms with Crippen molar-refractivity contribution in [2.24, 2.45) is 0 Å². The van der Waals surface area contributed by atoms with Crippen LogP contribution in [0.25, 0.3) is 10.8 Å². The molecule has 0 heterocycles. The van der Waals surface area contributed by atoms with Gasteiger partial charge in [-0.15, -0.1) is 0 Å². The van der Waals surface area contributed by atoms with E-state index in [1.807, 2.05) is 18.2 Å². The molecule has 0 saturated carbocycles. The van der Waals surface area contributed by atoms with E-state index in [1.54, 1.807) is 64.1 Å². The minimum Gasteiger partial charge on any atom is -0.489 e. The number of ether oxygens (including phenoxy) is 4. The van der Waals surface area contributed by atoms with Crippen molar-refractivity contribution >= 4 is 38.8 Å². The highest BCUT2D eigenvalue weighted by Gasteiger charge is 2.29. The minimum absolute atomic E-state index is 0.0323. The number of hydrogen-bond donors (Lipinski definition) is 0. The third-order valence-electron chi connectivity index (χ3n) is 4.49. The van der Waals surface area contributed by atoms with Gasteiger partial charge in [0.15, 0.2) is 5.75 Å². The zero-order chi connectivity index (χ0) is 24.2. The van der Waals surface area contributed by atoms with Gasteiger partial charge in [0, 0.05) is 20.8 Å². The second-order valence-corrected chi connectivity index (χ2v) is 9.13. The number of benzene rings is 3. The maximum Gasteiger partial charge on any atom is 0.514 e. The lowest BCUT2D eigenvalue weighted by Crippen LogP contribution is -2.27. The number of para-hydroxylation sites is 1. The molecule has 7 heteroatoms. The van der Waals surface area contributed by atoms with Crippen LogP contribution in [0.5, 0.6) is 17.2 Å². The fourth-order valence-corrected chi connectivity index (χ4v) is 3.56. The van der Waals surface area contributed by atoms with Crippen LogP contribution in [-0.4, -0.2) is 24.3 Å². The molecule has 0 fully saturated rings. The van der Waals surface area contributed by atoms with E-state index in [2.05, 4.69) is 22.5 Å². The van der Waals surface area contributed by atoms with Crippen LogP contribution >= 0.6 is 15.9 Å². The van der Waals surface area contributed by atoms with E-state index in [-0.39, 0.29) is 17.9 Å². The van der Waals surface area contributed by atoms with Crippen LogP contribution < -0.4 is 14.2 Å². The molecule has 0 N–H and O–H groups in total. The van der Waals surface area contributed by atoms with Crippen LogP contribution in [0.2, 0.25) is 0 Å². The Morgan fingerprint density at radius 1 is 1.00 bits per heavy atom. The smallest absolute Gasteiger partial charge is 0.489 e. The summed E-state index contributed by atoms with van der Waals surface area (Å²) in [5, 5.41) is 1.15. The van der Waals surface area contributed by atoms with Gasteiger partial charge >= 0.3 is 12.1 Å². The molecule has 0 aliphatic rings. The maximum atomic E-state index is 13.3. The summed E-state index contributed by atoms with van der Waals surface area (Å²) in [6, 6.07) is 14.0. The molecule has 3 rings (SSSR count). The van der Waals surface area contributed by atoms with Crippen molar-refractivity contribution in [3.63, 3.8) is 0 Å². The van der Waals surface area contributed by atoms with Gasteiger partial charge in [0.1, 0.15) is 29.3 Å². The number of carbonyl (C=O) groups excluding carboxylic acids is 2. The predicted octanol–water partition coefficient (Wildman–Crippen LogP) is 7.01. The van der Waals surface area contributed by atoms with Gasteiger partial charge in [-0.25, -0.2) is 9.59 Å².